The Kier molecular flexibility index (Phi) is 6.86. The topological polar surface area (TPSA) is 108 Å². The van der Waals surface area contributed by atoms with Crippen LogP contribution in [0.2, 0.25) is 0 Å². The molecule has 1 aromatic heterocycles. The molecule has 9 nitrogen and oxygen atoms in total. The van der Waals surface area contributed by atoms with Gasteiger partial charge in [-0.15, -0.1) is 0 Å². The van der Waals surface area contributed by atoms with Crippen molar-refractivity contribution < 1.29 is 23.6 Å². The quantitative estimate of drug-likeness (QED) is 0.682. The van der Waals surface area contributed by atoms with Crippen LogP contribution in [0.4, 0.5) is 10.5 Å². The summed E-state index contributed by atoms with van der Waals surface area (Å²) in [6.07, 6.45) is 3.52. The Morgan fingerprint density at radius 3 is 2.78 bits per heavy atom. The van der Waals surface area contributed by atoms with Crippen LogP contribution in [0.5, 0.6) is 11.6 Å². The molecule has 1 saturated heterocycles. The zero-order chi connectivity index (χ0) is 18.9. The van der Waals surface area contributed by atoms with Crippen molar-refractivity contribution >= 4 is 11.7 Å². The van der Waals surface area contributed by atoms with E-state index >= 15 is 0 Å². The highest BCUT2D eigenvalue weighted by Crippen LogP contribution is 2.18. The predicted octanol–water partition coefficient (Wildman–Crippen LogP) is 2.53. The Morgan fingerprint density at radius 1 is 1.22 bits per heavy atom. The molecule has 2 N–H and O–H groups in total. The summed E-state index contributed by atoms with van der Waals surface area (Å²) in [4.78, 5) is 11.9. The van der Waals surface area contributed by atoms with E-state index in [0.29, 0.717) is 30.4 Å². The second-order valence-electron chi connectivity index (χ2n) is 6.21. The van der Waals surface area contributed by atoms with Crippen molar-refractivity contribution in [3.63, 3.8) is 0 Å². The van der Waals surface area contributed by atoms with Crippen molar-refractivity contribution in [3.05, 3.63) is 30.0 Å². The summed E-state index contributed by atoms with van der Waals surface area (Å²) in [7, 11) is 0. The summed E-state index contributed by atoms with van der Waals surface area (Å²) in [5.74, 6) is 1.08. The number of amides is 2. The van der Waals surface area contributed by atoms with Crippen LogP contribution >= 0.6 is 0 Å². The fraction of sp³-hybridized carbons (Fsp3) is 0.500. The van der Waals surface area contributed by atoms with Gasteiger partial charge in [0.15, 0.2) is 0 Å². The van der Waals surface area contributed by atoms with Crippen LogP contribution in [0.3, 0.4) is 0 Å². The molecule has 0 saturated carbocycles. The first kappa shape index (κ1) is 19.0. The second-order valence-corrected chi connectivity index (χ2v) is 6.21. The zero-order valence-corrected chi connectivity index (χ0v) is 15.3. The molecule has 1 aliphatic heterocycles. The lowest BCUT2D eigenvalue weighted by Gasteiger charge is -2.22. The van der Waals surface area contributed by atoms with Gasteiger partial charge in [0, 0.05) is 12.3 Å². The Morgan fingerprint density at radius 2 is 2.07 bits per heavy atom. The van der Waals surface area contributed by atoms with Gasteiger partial charge in [0.05, 0.1) is 12.6 Å². The fourth-order valence-electron chi connectivity index (χ4n) is 2.60. The average Bonchev–Trinajstić information content (AvgIpc) is 3.10. The van der Waals surface area contributed by atoms with Crippen molar-refractivity contribution in [1.82, 2.24) is 15.6 Å². The summed E-state index contributed by atoms with van der Waals surface area (Å²) in [6, 6.07) is 6.90. The van der Waals surface area contributed by atoms with E-state index < -0.39 is 0 Å². The van der Waals surface area contributed by atoms with Crippen LogP contribution in [-0.4, -0.2) is 48.8 Å². The molecule has 0 aliphatic carbocycles. The standard InChI is InChI=1S/C18H24N4O5/c1-13-17(22-27-21-13)25-11-9-19-18(23)20-14-5-7-15(8-6-14)26-12-16-4-2-3-10-24-16/h5-8,16H,2-4,9-12H2,1H3,(H2,19,20,23)/t16-/m0/s1. The molecule has 2 heterocycles. The molecular formula is C18H24N4O5. The summed E-state index contributed by atoms with van der Waals surface area (Å²) in [5.41, 5.74) is 1.24. The van der Waals surface area contributed by atoms with Crippen molar-refractivity contribution in [1.29, 1.82) is 0 Å². The zero-order valence-electron chi connectivity index (χ0n) is 15.3. The predicted molar refractivity (Wildman–Crippen MR) is 97.1 cm³/mol. The van der Waals surface area contributed by atoms with Gasteiger partial charge in [-0.05, 0) is 55.6 Å². The lowest BCUT2D eigenvalue weighted by Crippen LogP contribution is -2.32. The largest absolute Gasteiger partial charge is 0.491 e. The Labute approximate surface area is 157 Å². The number of nitrogens with zero attached hydrogens (tertiary/aromatic N) is 2. The molecule has 1 aromatic carbocycles. The Bertz CT molecular complexity index is 713. The number of hydrogen-bond acceptors (Lipinski definition) is 7. The third kappa shape index (κ3) is 6.14. The molecule has 0 unspecified atom stereocenters. The van der Waals surface area contributed by atoms with Gasteiger partial charge in [0.1, 0.15) is 24.7 Å². The van der Waals surface area contributed by atoms with Gasteiger partial charge in [0.2, 0.25) is 0 Å². The van der Waals surface area contributed by atoms with Crippen LogP contribution in [0.1, 0.15) is 25.0 Å². The molecule has 0 bridgehead atoms. The van der Waals surface area contributed by atoms with E-state index in [1.165, 1.54) is 6.42 Å². The minimum atomic E-state index is -0.321. The molecule has 146 valence electrons. The molecule has 1 atom stereocenters. The summed E-state index contributed by atoms with van der Waals surface area (Å²) >= 11 is 0. The molecule has 2 amide bonds. The highest BCUT2D eigenvalue weighted by Gasteiger charge is 2.14. The van der Waals surface area contributed by atoms with E-state index in [1.54, 1.807) is 19.1 Å². The molecule has 9 heteroatoms. The SMILES string of the molecule is Cc1nonc1OCCNC(=O)Nc1ccc(OC[C@@H]2CCCCO2)cc1. The van der Waals surface area contributed by atoms with E-state index in [1.807, 2.05) is 12.1 Å². The lowest BCUT2D eigenvalue weighted by molar-refractivity contribution is -0.0110. The summed E-state index contributed by atoms with van der Waals surface area (Å²) in [6.45, 7) is 3.67. The molecule has 0 spiro atoms. The molecule has 0 radical (unpaired) electrons. The first-order valence-electron chi connectivity index (χ1n) is 9.02. The van der Waals surface area contributed by atoms with Gasteiger partial charge in [-0.25, -0.2) is 9.42 Å². The van der Waals surface area contributed by atoms with E-state index in [9.17, 15) is 4.79 Å². The molecule has 2 aromatic rings. The number of rotatable bonds is 8. The number of anilines is 1. The van der Waals surface area contributed by atoms with Gasteiger partial charge in [0.25, 0.3) is 5.88 Å². The molecule has 27 heavy (non-hydrogen) atoms. The van der Waals surface area contributed by atoms with Crippen molar-refractivity contribution in [2.45, 2.75) is 32.3 Å². The first-order valence-corrected chi connectivity index (χ1v) is 9.02. The number of benzene rings is 1. The van der Waals surface area contributed by atoms with E-state index in [4.69, 9.17) is 14.2 Å². The monoisotopic (exact) mass is 376 g/mol. The molecule has 3 rings (SSSR count). The molecule has 1 fully saturated rings. The average molecular weight is 376 g/mol. The number of aromatic nitrogens is 2. The number of hydrogen-bond donors (Lipinski definition) is 2. The van der Waals surface area contributed by atoms with Crippen LogP contribution in [0.15, 0.2) is 28.9 Å². The minimum absolute atomic E-state index is 0.168. The molecular weight excluding hydrogens is 352 g/mol. The van der Waals surface area contributed by atoms with Crippen LogP contribution < -0.4 is 20.1 Å². The third-order valence-electron chi connectivity index (χ3n) is 4.06. The van der Waals surface area contributed by atoms with Gasteiger partial charge >= 0.3 is 6.03 Å². The van der Waals surface area contributed by atoms with Crippen LogP contribution in [-0.2, 0) is 4.74 Å². The number of carbonyl (C=O) groups excluding carboxylic acids is 1. The smallest absolute Gasteiger partial charge is 0.319 e. The number of carbonyl (C=O) groups is 1. The van der Waals surface area contributed by atoms with E-state index in [0.717, 1.165) is 25.2 Å². The van der Waals surface area contributed by atoms with Gasteiger partial charge in [-0.3, -0.25) is 0 Å². The number of ether oxygens (including phenoxy) is 3. The van der Waals surface area contributed by atoms with Gasteiger partial charge in [-0.1, -0.05) is 5.16 Å². The highest BCUT2D eigenvalue weighted by molar-refractivity contribution is 5.89. The molecule has 1 aliphatic rings. The highest BCUT2D eigenvalue weighted by atomic mass is 16.6. The fourth-order valence-corrected chi connectivity index (χ4v) is 2.60. The van der Waals surface area contributed by atoms with Crippen LogP contribution in [0, 0.1) is 6.92 Å². The minimum Gasteiger partial charge on any atom is -0.491 e. The number of urea groups is 1. The Balaban J connectivity index is 1.33. The van der Waals surface area contributed by atoms with E-state index in [-0.39, 0.29) is 18.7 Å². The van der Waals surface area contributed by atoms with Crippen molar-refractivity contribution in [3.8, 4) is 11.6 Å². The maximum atomic E-state index is 11.9. The summed E-state index contributed by atoms with van der Waals surface area (Å²) < 4.78 is 21.2. The Hall–Kier alpha value is -2.81. The second kappa shape index (κ2) is 9.77. The van der Waals surface area contributed by atoms with Crippen molar-refractivity contribution in [2.24, 2.45) is 0 Å². The normalized spacial score (nSPS) is 16.6. The third-order valence-corrected chi connectivity index (χ3v) is 4.06. The van der Waals surface area contributed by atoms with Crippen molar-refractivity contribution in [2.75, 3.05) is 31.7 Å². The number of nitrogens with one attached hydrogen (secondary N) is 2. The number of aryl methyl sites for hydroxylation is 1. The maximum Gasteiger partial charge on any atom is 0.319 e. The van der Waals surface area contributed by atoms with Gasteiger partial charge < -0.3 is 24.8 Å². The lowest BCUT2D eigenvalue weighted by atomic mass is 10.1. The summed E-state index contributed by atoms with van der Waals surface area (Å²) in [5, 5.41) is 12.6. The van der Waals surface area contributed by atoms with Crippen LogP contribution in [0.25, 0.3) is 0 Å². The van der Waals surface area contributed by atoms with Gasteiger partial charge in [-0.2, -0.15) is 0 Å². The maximum absolute atomic E-state index is 11.9. The van der Waals surface area contributed by atoms with E-state index in [2.05, 4.69) is 25.6 Å². The first-order chi connectivity index (χ1) is 13.2.